The molecule has 3 heteroatoms. The van der Waals surface area contributed by atoms with Gasteiger partial charge in [0.25, 0.3) is 0 Å². The summed E-state index contributed by atoms with van der Waals surface area (Å²) in [5.74, 6) is -2.35. The Morgan fingerprint density at radius 3 is 2.58 bits per heavy atom. The maximum absolute atomic E-state index is 12.8. The molecule has 1 nitrogen and oxygen atoms in total. The number of Topliss-reactive ketones (excluding diaryl/α,β-unsaturated/α-hetero) is 1. The molecule has 12 heavy (non-hydrogen) atoms. The number of hydrogen-bond donors (Lipinski definition) is 0. The van der Waals surface area contributed by atoms with Crippen molar-refractivity contribution in [2.24, 2.45) is 5.92 Å². The van der Waals surface area contributed by atoms with Crippen molar-refractivity contribution >= 4 is 5.78 Å². The van der Waals surface area contributed by atoms with Crippen molar-refractivity contribution in [1.29, 1.82) is 0 Å². The topological polar surface area (TPSA) is 17.1 Å². The average Bonchev–Trinajstić information content (AvgIpc) is 1.99. The minimum Gasteiger partial charge on any atom is -0.295 e. The average molecular weight is 172 g/mol. The Morgan fingerprint density at radius 2 is 2.17 bits per heavy atom. The number of carbonyl (C=O) groups is 1. The van der Waals surface area contributed by atoms with Gasteiger partial charge in [0.2, 0.25) is 0 Å². The fourth-order valence-electron chi connectivity index (χ4n) is 1.18. The summed E-state index contributed by atoms with van der Waals surface area (Å²) in [4.78, 5) is 10.8. The zero-order valence-electron chi connectivity index (χ0n) is 7.03. The zero-order valence-corrected chi connectivity index (χ0v) is 7.03. The minimum atomic E-state index is -0.904. The standard InChI is InChI=1S/C9H10F2O/c1-5-3-7(6(2)12)4-8(10)9(5)11/h4-5H,3H2,1-2H3. The van der Waals surface area contributed by atoms with Gasteiger partial charge in [0, 0.05) is 5.92 Å². The molecule has 0 aromatic carbocycles. The maximum atomic E-state index is 12.8. The number of rotatable bonds is 1. The maximum Gasteiger partial charge on any atom is 0.155 e. The van der Waals surface area contributed by atoms with Crippen LogP contribution in [0, 0.1) is 5.92 Å². The fourth-order valence-corrected chi connectivity index (χ4v) is 1.18. The summed E-state index contributed by atoms with van der Waals surface area (Å²) in [5, 5.41) is 0. The molecule has 0 spiro atoms. The predicted molar refractivity (Wildman–Crippen MR) is 41.8 cm³/mol. The highest BCUT2D eigenvalue weighted by atomic mass is 19.2. The van der Waals surface area contributed by atoms with Crippen LogP contribution in [0.1, 0.15) is 20.3 Å². The molecule has 0 heterocycles. The molecule has 1 aliphatic carbocycles. The van der Waals surface area contributed by atoms with Crippen molar-refractivity contribution in [3.63, 3.8) is 0 Å². The first-order valence-electron chi connectivity index (χ1n) is 3.79. The molecule has 0 fully saturated rings. The van der Waals surface area contributed by atoms with Crippen LogP contribution in [0.25, 0.3) is 0 Å². The second-order valence-corrected chi connectivity index (χ2v) is 3.03. The summed E-state index contributed by atoms with van der Waals surface area (Å²) in [6, 6.07) is 0. The molecular weight excluding hydrogens is 162 g/mol. The van der Waals surface area contributed by atoms with Crippen LogP contribution in [0.3, 0.4) is 0 Å². The summed E-state index contributed by atoms with van der Waals surface area (Å²) >= 11 is 0. The van der Waals surface area contributed by atoms with Crippen molar-refractivity contribution in [3.8, 4) is 0 Å². The minimum absolute atomic E-state index is 0.190. The molecule has 0 N–H and O–H groups in total. The first kappa shape index (κ1) is 9.10. The number of halogens is 2. The smallest absolute Gasteiger partial charge is 0.155 e. The van der Waals surface area contributed by atoms with Gasteiger partial charge in [-0.05, 0) is 25.0 Å². The molecule has 1 atom stereocenters. The highest BCUT2D eigenvalue weighted by Crippen LogP contribution is 2.30. The van der Waals surface area contributed by atoms with Crippen LogP contribution in [0.4, 0.5) is 8.78 Å². The lowest BCUT2D eigenvalue weighted by Crippen LogP contribution is -2.09. The van der Waals surface area contributed by atoms with E-state index in [1.807, 2.05) is 0 Å². The third-order valence-electron chi connectivity index (χ3n) is 1.94. The van der Waals surface area contributed by atoms with Gasteiger partial charge >= 0.3 is 0 Å². The molecule has 0 amide bonds. The first-order valence-corrected chi connectivity index (χ1v) is 3.79. The van der Waals surface area contributed by atoms with E-state index in [1.165, 1.54) is 6.92 Å². The van der Waals surface area contributed by atoms with Gasteiger partial charge < -0.3 is 0 Å². The molecule has 0 saturated heterocycles. The highest BCUT2D eigenvalue weighted by Gasteiger charge is 2.22. The van der Waals surface area contributed by atoms with Gasteiger partial charge in [-0.3, -0.25) is 4.79 Å². The van der Waals surface area contributed by atoms with E-state index in [1.54, 1.807) is 6.92 Å². The van der Waals surface area contributed by atoms with Crippen LogP contribution in [0.5, 0.6) is 0 Å². The van der Waals surface area contributed by atoms with E-state index in [9.17, 15) is 13.6 Å². The van der Waals surface area contributed by atoms with Gasteiger partial charge in [-0.1, -0.05) is 6.92 Å². The van der Waals surface area contributed by atoms with Crippen molar-refractivity contribution in [1.82, 2.24) is 0 Å². The predicted octanol–water partition coefficient (Wildman–Crippen LogP) is 2.69. The molecule has 0 aromatic heterocycles. The molecule has 1 unspecified atom stereocenters. The number of carbonyl (C=O) groups excluding carboxylic acids is 1. The number of allylic oxidation sites excluding steroid dienone is 4. The Bertz CT molecular complexity index is 276. The van der Waals surface area contributed by atoms with Crippen LogP contribution in [0.2, 0.25) is 0 Å². The molecule has 0 bridgehead atoms. The first-order chi connectivity index (χ1) is 5.52. The van der Waals surface area contributed by atoms with E-state index < -0.39 is 17.6 Å². The van der Waals surface area contributed by atoms with E-state index in [0.717, 1.165) is 6.08 Å². The van der Waals surface area contributed by atoms with E-state index in [0.29, 0.717) is 12.0 Å². The van der Waals surface area contributed by atoms with Crippen molar-refractivity contribution in [2.75, 3.05) is 0 Å². The summed E-state index contributed by atoms with van der Waals surface area (Å²) in [6.45, 7) is 2.92. The molecule has 0 saturated carbocycles. The molecular formula is C9H10F2O. The monoisotopic (exact) mass is 172 g/mol. The SMILES string of the molecule is CC(=O)C1=CC(F)=C(F)C(C)C1. The Hall–Kier alpha value is -0.990. The molecule has 0 aliphatic heterocycles. The fraction of sp³-hybridized carbons (Fsp3) is 0.444. The molecule has 0 radical (unpaired) electrons. The summed E-state index contributed by atoms with van der Waals surface area (Å²) in [7, 11) is 0. The third-order valence-corrected chi connectivity index (χ3v) is 1.94. The Balaban J connectivity index is 2.98. The van der Waals surface area contributed by atoms with Gasteiger partial charge in [-0.25, -0.2) is 8.78 Å². The third kappa shape index (κ3) is 1.60. The van der Waals surface area contributed by atoms with Crippen LogP contribution in [0.15, 0.2) is 23.3 Å². The van der Waals surface area contributed by atoms with Gasteiger partial charge in [-0.2, -0.15) is 0 Å². The Kier molecular flexibility index (Phi) is 2.40. The normalized spacial score (nSPS) is 24.0. The Labute approximate surface area is 69.8 Å². The summed E-state index contributed by atoms with van der Waals surface area (Å²) in [5.41, 5.74) is 0.362. The quantitative estimate of drug-likeness (QED) is 0.594. The van der Waals surface area contributed by atoms with Gasteiger partial charge in [0.05, 0.1) is 0 Å². The van der Waals surface area contributed by atoms with Crippen LogP contribution < -0.4 is 0 Å². The van der Waals surface area contributed by atoms with Crippen LogP contribution in [-0.2, 0) is 4.79 Å². The van der Waals surface area contributed by atoms with Gasteiger partial charge in [-0.15, -0.1) is 0 Å². The van der Waals surface area contributed by atoms with Gasteiger partial charge in [0.1, 0.15) is 5.83 Å². The lowest BCUT2D eigenvalue weighted by molar-refractivity contribution is -0.113. The second kappa shape index (κ2) is 3.17. The zero-order chi connectivity index (χ0) is 9.30. The van der Waals surface area contributed by atoms with E-state index in [2.05, 4.69) is 0 Å². The number of ketones is 1. The highest BCUT2D eigenvalue weighted by molar-refractivity contribution is 5.94. The lowest BCUT2D eigenvalue weighted by atomic mass is 9.92. The van der Waals surface area contributed by atoms with E-state index in [4.69, 9.17) is 0 Å². The molecule has 0 aromatic rings. The van der Waals surface area contributed by atoms with Crippen LogP contribution >= 0.6 is 0 Å². The van der Waals surface area contributed by atoms with Crippen molar-refractivity contribution in [3.05, 3.63) is 23.3 Å². The molecule has 66 valence electrons. The summed E-state index contributed by atoms with van der Waals surface area (Å²) < 4.78 is 25.5. The summed E-state index contributed by atoms with van der Waals surface area (Å²) in [6.07, 6.45) is 1.28. The second-order valence-electron chi connectivity index (χ2n) is 3.03. The van der Waals surface area contributed by atoms with Gasteiger partial charge in [0.15, 0.2) is 11.6 Å². The largest absolute Gasteiger partial charge is 0.295 e. The van der Waals surface area contributed by atoms with Crippen molar-refractivity contribution < 1.29 is 13.6 Å². The number of hydrogen-bond acceptors (Lipinski definition) is 1. The lowest BCUT2D eigenvalue weighted by Gasteiger charge is -2.15. The van der Waals surface area contributed by atoms with Crippen LogP contribution in [-0.4, -0.2) is 5.78 Å². The van der Waals surface area contributed by atoms with E-state index >= 15 is 0 Å². The van der Waals surface area contributed by atoms with Crippen molar-refractivity contribution in [2.45, 2.75) is 20.3 Å². The Morgan fingerprint density at radius 1 is 1.58 bits per heavy atom. The molecule has 1 aliphatic rings. The van der Waals surface area contributed by atoms with E-state index in [-0.39, 0.29) is 5.78 Å². The molecule has 1 rings (SSSR count).